The lowest BCUT2D eigenvalue weighted by atomic mass is 9.97. The number of hydrogen-bond acceptors (Lipinski definition) is 2. The summed E-state index contributed by atoms with van der Waals surface area (Å²) < 4.78 is 0. The maximum atomic E-state index is 12.4. The van der Waals surface area contributed by atoms with Gasteiger partial charge in [0.1, 0.15) is 0 Å². The van der Waals surface area contributed by atoms with Crippen molar-refractivity contribution in [1.29, 1.82) is 0 Å². The zero-order valence-electron chi connectivity index (χ0n) is 19.3. The quantitative estimate of drug-likeness (QED) is 0.389. The van der Waals surface area contributed by atoms with Gasteiger partial charge in [-0.3, -0.25) is 9.69 Å². The lowest BCUT2D eigenvalue weighted by Gasteiger charge is -2.39. The van der Waals surface area contributed by atoms with Crippen molar-refractivity contribution in [2.75, 3.05) is 5.32 Å². The number of carbonyl (C=O) groups is 1. The Morgan fingerprint density at radius 3 is 2.09 bits per heavy atom. The van der Waals surface area contributed by atoms with Gasteiger partial charge in [-0.15, -0.1) is 0 Å². The fourth-order valence-electron chi connectivity index (χ4n) is 4.48. The van der Waals surface area contributed by atoms with Gasteiger partial charge in [-0.1, -0.05) is 66.6 Å². The highest BCUT2D eigenvalue weighted by Gasteiger charge is 2.24. The van der Waals surface area contributed by atoms with Crippen molar-refractivity contribution >= 4 is 29.3 Å². The van der Waals surface area contributed by atoms with Crippen molar-refractivity contribution in [3.8, 4) is 11.1 Å². The first-order valence-electron chi connectivity index (χ1n) is 11.7. The van der Waals surface area contributed by atoms with Crippen LogP contribution in [0.3, 0.4) is 0 Å². The number of amides is 1. The Bertz CT molecular complexity index is 1080. The number of nitrogens with zero attached hydrogens (tertiary/aromatic N) is 1. The molecule has 2 unspecified atom stereocenters. The molecule has 0 saturated carbocycles. The van der Waals surface area contributed by atoms with Crippen LogP contribution in [0.4, 0.5) is 5.69 Å². The van der Waals surface area contributed by atoms with E-state index < -0.39 is 0 Å². The van der Waals surface area contributed by atoms with Crippen LogP contribution < -0.4 is 5.32 Å². The number of rotatable bonds is 6. The molecule has 1 fully saturated rings. The average Bonchev–Trinajstić information content (AvgIpc) is 2.82. The number of piperidine rings is 1. The van der Waals surface area contributed by atoms with Gasteiger partial charge >= 0.3 is 0 Å². The van der Waals surface area contributed by atoms with E-state index in [0.717, 1.165) is 33.9 Å². The summed E-state index contributed by atoms with van der Waals surface area (Å²) >= 11 is 5.96. The minimum absolute atomic E-state index is 0.136. The zero-order valence-corrected chi connectivity index (χ0v) is 20.1. The molecule has 4 rings (SSSR count). The van der Waals surface area contributed by atoms with Crippen LogP contribution in [-0.4, -0.2) is 22.9 Å². The molecule has 1 aliphatic rings. The summed E-state index contributed by atoms with van der Waals surface area (Å²) in [5, 5.41) is 3.68. The van der Waals surface area contributed by atoms with Gasteiger partial charge in [-0.05, 0) is 79.3 Å². The molecule has 0 bridgehead atoms. The van der Waals surface area contributed by atoms with Crippen LogP contribution in [0.25, 0.3) is 17.2 Å². The topological polar surface area (TPSA) is 32.3 Å². The second kappa shape index (κ2) is 10.8. The molecular weight excluding hydrogens is 428 g/mol. The summed E-state index contributed by atoms with van der Waals surface area (Å²) in [6.07, 6.45) is 7.27. The minimum atomic E-state index is -0.136. The van der Waals surface area contributed by atoms with E-state index in [2.05, 4.69) is 36.2 Å². The van der Waals surface area contributed by atoms with Crippen LogP contribution in [0.1, 0.15) is 44.2 Å². The van der Waals surface area contributed by atoms with E-state index in [0.29, 0.717) is 12.1 Å². The molecule has 33 heavy (non-hydrogen) atoms. The molecule has 1 heterocycles. The highest BCUT2D eigenvalue weighted by atomic mass is 35.5. The molecular formula is C29H31ClN2O. The predicted octanol–water partition coefficient (Wildman–Crippen LogP) is 7.42. The minimum Gasteiger partial charge on any atom is -0.323 e. The third-order valence-corrected chi connectivity index (χ3v) is 6.73. The maximum absolute atomic E-state index is 12.4. The summed E-state index contributed by atoms with van der Waals surface area (Å²) in [7, 11) is 0. The van der Waals surface area contributed by atoms with Crippen LogP contribution in [0.15, 0.2) is 78.9 Å². The largest absolute Gasteiger partial charge is 0.323 e. The first kappa shape index (κ1) is 23.3. The Balaban J connectivity index is 1.31. The second-order valence-corrected chi connectivity index (χ2v) is 9.39. The molecule has 1 saturated heterocycles. The molecule has 0 spiro atoms. The highest BCUT2D eigenvalue weighted by Crippen LogP contribution is 2.25. The number of carbonyl (C=O) groups excluding carboxylic acids is 1. The number of hydrogen-bond donors (Lipinski definition) is 1. The Kier molecular flexibility index (Phi) is 7.64. The number of benzene rings is 3. The van der Waals surface area contributed by atoms with Gasteiger partial charge in [0.2, 0.25) is 5.91 Å². The van der Waals surface area contributed by atoms with Gasteiger partial charge in [-0.2, -0.15) is 0 Å². The van der Waals surface area contributed by atoms with Crippen molar-refractivity contribution in [2.24, 2.45) is 0 Å². The van der Waals surface area contributed by atoms with Crippen molar-refractivity contribution in [3.63, 3.8) is 0 Å². The molecule has 0 radical (unpaired) electrons. The number of halogens is 1. The van der Waals surface area contributed by atoms with E-state index in [-0.39, 0.29) is 5.91 Å². The van der Waals surface area contributed by atoms with Crippen molar-refractivity contribution in [3.05, 3.63) is 95.0 Å². The maximum Gasteiger partial charge on any atom is 0.248 e. The van der Waals surface area contributed by atoms with E-state index in [1.54, 1.807) is 6.08 Å². The van der Waals surface area contributed by atoms with Gasteiger partial charge < -0.3 is 5.32 Å². The standard InChI is InChI=1S/C29H31ClN2O/c1-21-4-3-5-22(2)32(21)20-24-8-17-28(18-9-24)31-29(33)19-10-23-6-11-25(12-7-23)26-13-15-27(30)16-14-26/h6-19,21-22H,3-5,20H2,1-2H3,(H,31,33)/b19-10+. The zero-order chi connectivity index (χ0) is 23.2. The lowest BCUT2D eigenvalue weighted by molar-refractivity contribution is -0.111. The molecule has 2 atom stereocenters. The molecule has 1 amide bonds. The Morgan fingerprint density at radius 2 is 1.48 bits per heavy atom. The highest BCUT2D eigenvalue weighted by molar-refractivity contribution is 6.30. The summed E-state index contributed by atoms with van der Waals surface area (Å²) in [5.74, 6) is -0.136. The summed E-state index contributed by atoms with van der Waals surface area (Å²) in [6.45, 7) is 5.60. The number of anilines is 1. The third-order valence-electron chi connectivity index (χ3n) is 6.48. The smallest absolute Gasteiger partial charge is 0.248 e. The van der Waals surface area contributed by atoms with E-state index in [1.807, 2.05) is 66.7 Å². The van der Waals surface area contributed by atoms with E-state index in [4.69, 9.17) is 11.6 Å². The number of likely N-dealkylation sites (tertiary alicyclic amines) is 1. The van der Waals surface area contributed by atoms with Crippen molar-refractivity contribution in [2.45, 2.75) is 51.7 Å². The molecule has 170 valence electrons. The normalized spacial score (nSPS) is 19.0. The average molecular weight is 459 g/mol. The van der Waals surface area contributed by atoms with E-state index >= 15 is 0 Å². The lowest BCUT2D eigenvalue weighted by Crippen LogP contribution is -2.42. The molecule has 0 aliphatic carbocycles. The van der Waals surface area contributed by atoms with Gasteiger partial charge in [-0.25, -0.2) is 0 Å². The van der Waals surface area contributed by atoms with Crippen LogP contribution in [0, 0.1) is 0 Å². The second-order valence-electron chi connectivity index (χ2n) is 8.95. The molecule has 0 aromatic heterocycles. The van der Waals surface area contributed by atoms with Gasteiger partial charge in [0.05, 0.1) is 0 Å². The molecule has 3 nitrogen and oxygen atoms in total. The molecule has 3 aromatic carbocycles. The van der Waals surface area contributed by atoms with Crippen molar-refractivity contribution < 1.29 is 4.79 Å². The van der Waals surface area contributed by atoms with Crippen LogP contribution in [-0.2, 0) is 11.3 Å². The molecule has 1 N–H and O–H groups in total. The molecule has 1 aliphatic heterocycles. The third kappa shape index (κ3) is 6.34. The summed E-state index contributed by atoms with van der Waals surface area (Å²) in [4.78, 5) is 15.0. The van der Waals surface area contributed by atoms with Crippen LogP contribution >= 0.6 is 11.6 Å². The Labute approximate surface area is 202 Å². The first-order chi connectivity index (χ1) is 16.0. The van der Waals surface area contributed by atoms with Crippen LogP contribution in [0.5, 0.6) is 0 Å². The van der Waals surface area contributed by atoms with Gasteiger partial charge in [0.25, 0.3) is 0 Å². The number of nitrogens with one attached hydrogen (secondary N) is 1. The van der Waals surface area contributed by atoms with Crippen molar-refractivity contribution in [1.82, 2.24) is 4.90 Å². The summed E-state index contributed by atoms with van der Waals surface area (Å²) in [5.41, 5.74) is 5.29. The fourth-order valence-corrected chi connectivity index (χ4v) is 4.60. The van der Waals surface area contributed by atoms with E-state index in [9.17, 15) is 4.79 Å². The van der Waals surface area contributed by atoms with Gasteiger partial charge in [0, 0.05) is 35.4 Å². The fraction of sp³-hybridized carbons (Fsp3) is 0.276. The first-order valence-corrected chi connectivity index (χ1v) is 12.1. The predicted molar refractivity (Wildman–Crippen MR) is 139 cm³/mol. The summed E-state index contributed by atoms with van der Waals surface area (Å²) in [6, 6.07) is 25.3. The van der Waals surface area contributed by atoms with Crippen LogP contribution in [0.2, 0.25) is 5.02 Å². The molecule has 3 aromatic rings. The Hall–Kier alpha value is -2.88. The monoisotopic (exact) mass is 458 g/mol. The SMILES string of the molecule is CC1CCCC(C)N1Cc1ccc(NC(=O)/C=C/c2ccc(-c3ccc(Cl)cc3)cc2)cc1. The van der Waals surface area contributed by atoms with E-state index in [1.165, 1.54) is 24.8 Å². The Morgan fingerprint density at radius 1 is 0.909 bits per heavy atom. The van der Waals surface area contributed by atoms with Gasteiger partial charge in [0.15, 0.2) is 0 Å². The molecule has 4 heteroatoms.